The average molecular weight is 560 g/mol. The van der Waals surface area contributed by atoms with Crippen LogP contribution in [0.25, 0.3) is 11.6 Å². The van der Waals surface area contributed by atoms with E-state index in [2.05, 4.69) is 44.6 Å². The van der Waals surface area contributed by atoms with Crippen molar-refractivity contribution in [2.24, 2.45) is 0 Å². The van der Waals surface area contributed by atoms with Crippen LogP contribution in [0, 0.1) is 21.8 Å². The van der Waals surface area contributed by atoms with Crippen LogP contribution in [0.3, 0.4) is 0 Å². The maximum Gasteiger partial charge on any atom is 0.174 e. The third kappa shape index (κ3) is 5.62. The van der Waals surface area contributed by atoms with Crippen molar-refractivity contribution in [2.45, 2.75) is 13.5 Å². The van der Waals surface area contributed by atoms with E-state index >= 15 is 0 Å². The summed E-state index contributed by atoms with van der Waals surface area (Å²) in [6.45, 7) is 2.47. The molecule has 0 bridgehead atoms. The molecule has 3 nitrogen and oxygen atoms in total. The third-order valence-corrected chi connectivity index (χ3v) is 5.67. The molecule has 0 aliphatic heterocycles. The van der Waals surface area contributed by atoms with Crippen LogP contribution in [-0.2, 0) is 6.61 Å². The lowest BCUT2D eigenvalue weighted by atomic mass is 10.0. The first kappa shape index (κ1) is 21.4. The van der Waals surface area contributed by atoms with Crippen molar-refractivity contribution in [3.8, 4) is 17.6 Å². The van der Waals surface area contributed by atoms with Gasteiger partial charge in [0.2, 0.25) is 0 Å². The lowest BCUT2D eigenvalue weighted by Gasteiger charge is -2.14. The van der Waals surface area contributed by atoms with Crippen molar-refractivity contribution in [3.63, 3.8) is 0 Å². The number of methoxy groups -OCH3 is 1. The molecule has 0 atom stereocenters. The molecule has 0 amide bonds. The summed E-state index contributed by atoms with van der Waals surface area (Å²) in [7, 11) is 1.62. The Bertz CT molecular complexity index is 1070. The summed E-state index contributed by atoms with van der Waals surface area (Å²) in [6, 6.07) is 22.1. The molecule has 0 N–H and O–H groups in total. The minimum atomic E-state index is 0.446. The van der Waals surface area contributed by atoms with Gasteiger partial charge in [-0.15, -0.1) is 0 Å². The molecule has 0 aliphatic rings. The maximum atomic E-state index is 9.61. The first-order valence-corrected chi connectivity index (χ1v) is 10.8. The SMILES string of the molecule is COc1cc(/C=C(/C#N)c2ccc(C)cc2)cc(I)c1OCc1ccc(Br)cc1. The molecule has 0 fully saturated rings. The van der Waals surface area contributed by atoms with E-state index in [4.69, 9.17) is 9.47 Å². The second kappa shape index (κ2) is 9.95. The first-order chi connectivity index (χ1) is 14.0. The minimum Gasteiger partial charge on any atom is -0.493 e. The Kier molecular flexibility index (Phi) is 7.34. The van der Waals surface area contributed by atoms with Gasteiger partial charge in [-0.1, -0.05) is 57.9 Å². The third-order valence-electron chi connectivity index (χ3n) is 4.34. The number of allylic oxidation sites excluding steroid dienone is 1. The second-order valence-electron chi connectivity index (χ2n) is 6.49. The van der Waals surface area contributed by atoms with Crippen LogP contribution in [0.1, 0.15) is 22.3 Å². The van der Waals surface area contributed by atoms with E-state index in [1.165, 1.54) is 0 Å². The highest BCUT2D eigenvalue weighted by Gasteiger charge is 2.12. The number of ether oxygens (including phenoxy) is 2. The fourth-order valence-electron chi connectivity index (χ4n) is 2.78. The molecule has 0 aliphatic carbocycles. The van der Waals surface area contributed by atoms with Gasteiger partial charge in [0.25, 0.3) is 0 Å². The number of aryl methyl sites for hydroxylation is 1. The molecule has 146 valence electrons. The molecule has 29 heavy (non-hydrogen) atoms. The molecule has 0 unspecified atom stereocenters. The highest BCUT2D eigenvalue weighted by Crippen LogP contribution is 2.35. The van der Waals surface area contributed by atoms with Crippen molar-refractivity contribution in [2.75, 3.05) is 7.11 Å². The zero-order chi connectivity index (χ0) is 20.8. The van der Waals surface area contributed by atoms with Crippen LogP contribution >= 0.6 is 38.5 Å². The number of nitrogens with zero attached hydrogens (tertiary/aromatic N) is 1. The Morgan fingerprint density at radius 2 is 1.79 bits per heavy atom. The molecule has 0 saturated heterocycles. The van der Waals surface area contributed by atoms with Gasteiger partial charge in [0.15, 0.2) is 11.5 Å². The van der Waals surface area contributed by atoms with Crippen LogP contribution < -0.4 is 9.47 Å². The lowest BCUT2D eigenvalue weighted by Crippen LogP contribution is -2.00. The van der Waals surface area contributed by atoms with Crippen molar-refractivity contribution in [1.29, 1.82) is 5.26 Å². The van der Waals surface area contributed by atoms with Crippen molar-refractivity contribution in [1.82, 2.24) is 0 Å². The van der Waals surface area contributed by atoms with E-state index in [0.717, 1.165) is 30.3 Å². The van der Waals surface area contributed by atoms with Gasteiger partial charge < -0.3 is 9.47 Å². The number of hydrogen-bond donors (Lipinski definition) is 0. The maximum absolute atomic E-state index is 9.61. The second-order valence-corrected chi connectivity index (χ2v) is 8.56. The van der Waals surface area contributed by atoms with Crippen LogP contribution in [0.5, 0.6) is 11.5 Å². The quantitative estimate of drug-likeness (QED) is 0.185. The van der Waals surface area contributed by atoms with Crippen LogP contribution in [-0.4, -0.2) is 7.11 Å². The number of rotatable bonds is 6. The first-order valence-electron chi connectivity index (χ1n) is 8.94. The van der Waals surface area contributed by atoms with Gasteiger partial charge in [-0.2, -0.15) is 5.26 Å². The van der Waals surface area contributed by atoms with Gasteiger partial charge in [0, 0.05) is 4.47 Å². The van der Waals surface area contributed by atoms with E-state index in [1.54, 1.807) is 7.11 Å². The summed E-state index contributed by atoms with van der Waals surface area (Å²) in [4.78, 5) is 0. The number of halogens is 2. The Morgan fingerprint density at radius 3 is 2.41 bits per heavy atom. The number of benzene rings is 3. The van der Waals surface area contributed by atoms with E-state index in [9.17, 15) is 5.26 Å². The molecule has 3 aromatic carbocycles. The van der Waals surface area contributed by atoms with E-state index in [-0.39, 0.29) is 0 Å². The average Bonchev–Trinajstić information content (AvgIpc) is 2.72. The Morgan fingerprint density at radius 1 is 1.10 bits per heavy atom. The van der Waals surface area contributed by atoms with Crippen molar-refractivity contribution < 1.29 is 9.47 Å². The molecule has 0 spiro atoms. The zero-order valence-electron chi connectivity index (χ0n) is 16.1. The van der Waals surface area contributed by atoms with E-state index < -0.39 is 0 Å². The highest BCUT2D eigenvalue weighted by atomic mass is 127. The van der Waals surface area contributed by atoms with Gasteiger partial charge in [0.1, 0.15) is 6.61 Å². The molecule has 3 rings (SSSR count). The van der Waals surface area contributed by atoms with Crippen molar-refractivity contribution in [3.05, 3.63) is 91.0 Å². The standard InChI is InChI=1S/C24H19BrINO2/c1-16-3-7-19(8-4-16)20(14-27)11-18-12-22(26)24(23(13-18)28-2)29-15-17-5-9-21(25)10-6-17/h3-13H,15H2,1-2H3/b20-11-. The summed E-state index contributed by atoms with van der Waals surface area (Å²) in [5, 5.41) is 9.61. The van der Waals surface area contributed by atoms with Crippen LogP contribution in [0.4, 0.5) is 0 Å². The van der Waals surface area contributed by atoms with E-state index in [0.29, 0.717) is 23.7 Å². The predicted molar refractivity (Wildman–Crippen MR) is 129 cm³/mol. The molecule has 3 aromatic rings. The predicted octanol–water partition coefficient (Wildman–Crippen LogP) is 7.01. The fraction of sp³-hybridized carbons (Fsp3) is 0.125. The summed E-state index contributed by atoms with van der Waals surface area (Å²) in [6.07, 6.45) is 1.87. The Hall–Kier alpha value is -2.30. The molecular weight excluding hydrogens is 541 g/mol. The lowest BCUT2D eigenvalue weighted by molar-refractivity contribution is 0.282. The minimum absolute atomic E-state index is 0.446. The highest BCUT2D eigenvalue weighted by molar-refractivity contribution is 14.1. The topological polar surface area (TPSA) is 42.2 Å². The molecule has 0 saturated carbocycles. The molecule has 0 radical (unpaired) electrons. The Labute approximate surface area is 193 Å². The molecule has 5 heteroatoms. The fourth-order valence-corrected chi connectivity index (χ4v) is 3.82. The van der Waals surface area contributed by atoms with Crippen molar-refractivity contribution >= 4 is 50.2 Å². The van der Waals surface area contributed by atoms with Gasteiger partial charge in [-0.25, -0.2) is 0 Å². The summed E-state index contributed by atoms with van der Waals surface area (Å²) in [5.41, 5.74) is 4.61. The monoisotopic (exact) mass is 559 g/mol. The van der Waals surface area contributed by atoms with Crippen LogP contribution in [0.2, 0.25) is 0 Å². The summed E-state index contributed by atoms with van der Waals surface area (Å²) in [5.74, 6) is 1.34. The normalized spacial score (nSPS) is 11.1. The summed E-state index contributed by atoms with van der Waals surface area (Å²) >= 11 is 5.68. The van der Waals surface area contributed by atoms with Gasteiger partial charge >= 0.3 is 0 Å². The van der Waals surface area contributed by atoms with Crippen LogP contribution in [0.15, 0.2) is 65.1 Å². The van der Waals surface area contributed by atoms with Gasteiger partial charge in [0.05, 0.1) is 22.3 Å². The van der Waals surface area contributed by atoms with Gasteiger partial charge in [-0.05, 0) is 76.5 Å². The number of hydrogen-bond acceptors (Lipinski definition) is 3. The zero-order valence-corrected chi connectivity index (χ0v) is 19.8. The Balaban J connectivity index is 1.88. The smallest absolute Gasteiger partial charge is 0.174 e. The molecule has 0 aromatic heterocycles. The largest absolute Gasteiger partial charge is 0.493 e. The van der Waals surface area contributed by atoms with Gasteiger partial charge in [-0.3, -0.25) is 0 Å². The van der Waals surface area contributed by atoms with E-state index in [1.807, 2.05) is 73.7 Å². The number of nitriles is 1. The molecular formula is C24H19BrINO2. The summed E-state index contributed by atoms with van der Waals surface area (Å²) < 4.78 is 13.6. The molecule has 0 heterocycles.